The van der Waals surface area contributed by atoms with Gasteiger partial charge in [0.1, 0.15) is 5.69 Å². The Morgan fingerprint density at radius 2 is 2.29 bits per heavy atom. The van der Waals surface area contributed by atoms with Crippen LogP contribution in [-0.4, -0.2) is 20.6 Å². The predicted octanol–water partition coefficient (Wildman–Crippen LogP) is 1.58. The number of hydrogen-bond donors (Lipinski definition) is 1. The van der Waals surface area contributed by atoms with E-state index >= 15 is 0 Å². The topological polar surface area (TPSA) is 55.1 Å². The maximum atomic E-state index is 11.0. The van der Waals surface area contributed by atoms with Gasteiger partial charge in [0, 0.05) is 18.8 Å². The number of nitrogens with zero attached hydrogens (tertiary/aromatic N) is 2. The minimum absolute atomic E-state index is 0.304. The molecule has 2 aromatic rings. The highest BCUT2D eigenvalue weighted by Gasteiger charge is 2.17. The lowest BCUT2D eigenvalue weighted by atomic mass is 10.2. The smallest absolute Gasteiger partial charge is 0.352 e. The summed E-state index contributed by atoms with van der Waals surface area (Å²) in [6.45, 7) is 1.78. The zero-order valence-corrected chi connectivity index (χ0v) is 7.98. The summed E-state index contributed by atoms with van der Waals surface area (Å²) >= 11 is 0. The maximum absolute atomic E-state index is 11.0. The Hall–Kier alpha value is -1.84. The Morgan fingerprint density at radius 1 is 1.57 bits per heavy atom. The van der Waals surface area contributed by atoms with E-state index in [1.165, 1.54) is 0 Å². The van der Waals surface area contributed by atoms with E-state index in [0.29, 0.717) is 5.69 Å². The van der Waals surface area contributed by atoms with Crippen LogP contribution in [0.1, 0.15) is 16.1 Å². The first-order valence-electron chi connectivity index (χ1n) is 4.26. The summed E-state index contributed by atoms with van der Waals surface area (Å²) in [4.78, 5) is 15.1. The molecular formula is C10H10N2O2. The Kier molecular flexibility index (Phi) is 1.77. The summed E-state index contributed by atoms with van der Waals surface area (Å²) in [5.74, 6) is -0.914. The molecule has 4 heteroatoms. The van der Waals surface area contributed by atoms with Gasteiger partial charge in [-0.25, -0.2) is 4.79 Å². The molecule has 0 aliphatic carbocycles. The summed E-state index contributed by atoms with van der Waals surface area (Å²) in [5, 5.41) is 9.00. The van der Waals surface area contributed by atoms with E-state index in [2.05, 4.69) is 4.98 Å². The van der Waals surface area contributed by atoms with Crippen LogP contribution < -0.4 is 0 Å². The zero-order chi connectivity index (χ0) is 10.3. The third kappa shape index (κ3) is 1.00. The van der Waals surface area contributed by atoms with Gasteiger partial charge in [-0.1, -0.05) is 0 Å². The Balaban J connectivity index is 2.92. The minimum atomic E-state index is -0.914. The molecule has 14 heavy (non-hydrogen) atoms. The first-order chi connectivity index (χ1) is 6.63. The van der Waals surface area contributed by atoms with Gasteiger partial charge in [0.15, 0.2) is 0 Å². The fourth-order valence-electron chi connectivity index (χ4n) is 1.74. The van der Waals surface area contributed by atoms with Crippen molar-refractivity contribution in [3.8, 4) is 0 Å². The lowest BCUT2D eigenvalue weighted by molar-refractivity contribution is 0.0686. The minimum Gasteiger partial charge on any atom is -0.477 e. The van der Waals surface area contributed by atoms with Crippen LogP contribution in [0.25, 0.3) is 11.0 Å². The van der Waals surface area contributed by atoms with Gasteiger partial charge in [-0.3, -0.25) is 4.98 Å². The molecule has 0 fully saturated rings. The molecule has 2 rings (SSSR count). The van der Waals surface area contributed by atoms with Gasteiger partial charge in [0.05, 0.1) is 11.0 Å². The van der Waals surface area contributed by atoms with Crippen LogP contribution in [-0.2, 0) is 7.05 Å². The van der Waals surface area contributed by atoms with Gasteiger partial charge in [-0.2, -0.15) is 0 Å². The van der Waals surface area contributed by atoms with Crippen molar-refractivity contribution in [2.75, 3.05) is 0 Å². The van der Waals surface area contributed by atoms with Crippen LogP contribution in [0.5, 0.6) is 0 Å². The highest BCUT2D eigenvalue weighted by Crippen LogP contribution is 2.21. The Morgan fingerprint density at radius 3 is 2.86 bits per heavy atom. The van der Waals surface area contributed by atoms with Crippen LogP contribution in [0.3, 0.4) is 0 Å². The molecule has 2 heterocycles. The molecule has 0 aliphatic rings. The van der Waals surface area contributed by atoms with Gasteiger partial charge in [-0.15, -0.1) is 0 Å². The number of carbonyl (C=O) groups is 1. The van der Waals surface area contributed by atoms with E-state index in [4.69, 9.17) is 5.11 Å². The highest BCUT2D eigenvalue weighted by atomic mass is 16.4. The van der Waals surface area contributed by atoms with Crippen molar-refractivity contribution in [1.29, 1.82) is 0 Å². The summed E-state index contributed by atoms with van der Waals surface area (Å²) < 4.78 is 1.65. The summed E-state index contributed by atoms with van der Waals surface area (Å²) in [5.41, 5.74) is 2.63. The average molecular weight is 190 g/mol. The zero-order valence-electron chi connectivity index (χ0n) is 7.98. The molecule has 0 atom stereocenters. The van der Waals surface area contributed by atoms with E-state index in [1.54, 1.807) is 30.8 Å². The van der Waals surface area contributed by atoms with Gasteiger partial charge in [0.2, 0.25) is 0 Å². The molecule has 4 nitrogen and oxygen atoms in total. The number of carboxylic acid groups (broad SMARTS) is 1. The third-order valence-electron chi connectivity index (χ3n) is 2.40. The van der Waals surface area contributed by atoms with Crippen LogP contribution in [0.2, 0.25) is 0 Å². The quantitative estimate of drug-likeness (QED) is 0.742. The molecule has 1 N–H and O–H groups in total. The van der Waals surface area contributed by atoms with Crippen LogP contribution in [0.4, 0.5) is 0 Å². The average Bonchev–Trinajstić information content (AvgIpc) is 2.41. The maximum Gasteiger partial charge on any atom is 0.352 e. The van der Waals surface area contributed by atoms with Crippen molar-refractivity contribution >= 4 is 17.0 Å². The van der Waals surface area contributed by atoms with Gasteiger partial charge in [-0.05, 0) is 19.1 Å². The number of aryl methyl sites for hydroxylation is 2. The summed E-state index contributed by atoms with van der Waals surface area (Å²) in [6.07, 6.45) is 1.67. The molecule has 0 radical (unpaired) electrons. The third-order valence-corrected chi connectivity index (χ3v) is 2.40. The van der Waals surface area contributed by atoms with E-state index in [9.17, 15) is 4.79 Å². The molecule has 0 saturated heterocycles. The second kappa shape index (κ2) is 2.83. The summed E-state index contributed by atoms with van der Waals surface area (Å²) in [6, 6.07) is 3.66. The standard InChI is InChI=1S/C10H10N2O2/c1-6-8-7(4-3-5-11-8)12(2)9(6)10(13)14/h3-5H,1-2H3,(H,13,14). The number of rotatable bonds is 1. The first-order valence-corrected chi connectivity index (χ1v) is 4.26. The normalized spacial score (nSPS) is 10.7. The predicted molar refractivity (Wildman–Crippen MR) is 52.4 cm³/mol. The lowest BCUT2D eigenvalue weighted by Gasteiger charge is -1.98. The molecule has 0 aromatic carbocycles. The van der Waals surface area contributed by atoms with Crippen LogP contribution in [0, 0.1) is 6.92 Å². The van der Waals surface area contributed by atoms with Gasteiger partial charge in [0.25, 0.3) is 0 Å². The Labute approximate surface area is 80.8 Å². The summed E-state index contributed by atoms with van der Waals surface area (Å²) in [7, 11) is 1.74. The fourth-order valence-corrected chi connectivity index (χ4v) is 1.74. The van der Waals surface area contributed by atoms with Crippen molar-refractivity contribution < 1.29 is 9.90 Å². The second-order valence-corrected chi connectivity index (χ2v) is 3.21. The largest absolute Gasteiger partial charge is 0.477 e. The Bertz CT molecular complexity index is 475. The number of pyridine rings is 1. The van der Waals surface area contributed by atoms with Crippen molar-refractivity contribution in [3.05, 3.63) is 29.6 Å². The molecule has 0 unspecified atom stereocenters. The molecule has 2 aromatic heterocycles. The van der Waals surface area contributed by atoms with Crippen LogP contribution in [0.15, 0.2) is 18.3 Å². The van der Waals surface area contributed by atoms with Gasteiger partial charge < -0.3 is 9.67 Å². The number of aromatic nitrogens is 2. The number of carboxylic acids is 1. The monoisotopic (exact) mass is 190 g/mol. The fraction of sp³-hybridized carbons (Fsp3) is 0.200. The van der Waals surface area contributed by atoms with E-state index in [-0.39, 0.29) is 0 Å². The molecule has 0 saturated carbocycles. The highest BCUT2D eigenvalue weighted by molar-refractivity contribution is 5.96. The first kappa shape index (κ1) is 8.74. The molecule has 0 aliphatic heterocycles. The van der Waals surface area contributed by atoms with E-state index in [0.717, 1.165) is 16.6 Å². The SMILES string of the molecule is Cc1c(C(=O)O)n(C)c2cccnc12. The van der Waals surface area contributed by atoms with Gasteiger partial charge >= 0.3 is 5.97 Å². The number of fused-ring (bicyclic) bond motifs is 1. The molecule has 0 spiro atoms. The molecular weight excluding hydrogens is 180 g/mol. The van der Waals surface area contributed by atoms with E-state index < -0.39 is 5.97 Å². The van der Waals surface area contributed by atoms with Crippen molar-refractivity contribution in [2.24, 2.45) is 7.05 Å². The van der Waals surface area contributed by atoms with Crippen LogP contribution >= 0.6 is 0 Å². The molecule has 72 valence electrons. The lowest BCUT2D eigenvalue weighted by Crippen LogP contribution is -2.05. The molecule has 0 bridgehead atoms. The second-order valence-electron chi connectivity index (χ2n) is 3.21. The van der Waals surface area contributed by atoms with Crippen molar-refractivity contribution in [1.82, 2.24) is 9.55 Å². The molecule has 0 amide bonds. The van der Waals surface area contributed by atoms with Crippen molar-refractivity contribution in [3.63, 3.8) is 0 Å². The van der Waals surface area contributed by atoms with Crippen molar-refractivity contribution in [2.45, 2.75) is 6.92 Å². The number of aromatic carboxylic acids is 1. The van der Waals surface area contributed by atoms with E-state index in [1.807, 2.05) is 6.07 Å². The number of hydrogen-bond acceptors (Lipinski definition) is 2.